The Morgan fingerprint density at radius 3 is 2.41 bits per heavy atom. The lowest BCUT2D eigenvalue weighted by Gasteiger charge is -2.32. The molecular weight excluding hydrogens is 417 g/mol. The Balaban J connectivity index is 1.38. The fourth-order valence-corrected chi connectivity index (χ4v) is 3.92. The zero-order chi connectivity index (χ0) is 22.8. The molecule has 0 radical (unpaired) electrons. The van der Waals surface area contributed by atoms with E-state index in [0.29, 0.717) is 37.4 Å². The van der Waals surface area contributed by atoms with Crippen molar-refractivity contribution in [2.45, 2.75) is 38.3 Å². The maximum Gasteiger partial charge on any atom is 0.287 e. The lowest BCUT2D eigenvalue weighted by atomic mass is 10.0. The molecule has 9 nitrogen and oxygen atoms in total. The van der Waals surface area contributed by atoms with Crippen LogP contribution in [0.4, 0.5) is 10.1 Å². The van der Waals surface area contributed by atoms with Gasteiger partial charge in [0.15, 0.2) is 5.76 Å². The standard InChI is InChI=1S/C22H24FN5O4/c1-13-2-7-19(32-13)21(30)25-15-8-10-27(11-9-15)22(31)17-12-18(20(24)29)28(26-17)16-5-3-14(23)4-6-16/h2-7,15,18H,8-12H2,1H3,(H2,24,29)(H,25,30). The van der Waals surface area contributed by atoms with E-state index >= 15 is 0 Å². The number of carbonyl (C=O) groups is 3. The fourth-order valence-electron chi connectivity index (χ4n) is 3.92. The lowest BCUT2D eigenvalue weighted by molar-refractivity contribution is -0.125. The number of primary amides is 1. The molecule has 1 saturated heterocycles. The molecule has 2 aliphatic heterocycles. The van der Waals surface area contributed by atoms with Crippen molar-refractivity contribution in [1.82, 2.24) is 10.2 Å². The van der Waals surface area contributed by atoms with Crippen LogP contribution in [0.2, 0.25) is 0 Å². The number of amides is 3. The van der Waals surface area contributed by atoms with Crippen LogP contribution in [0.25, 0.3) is 0 Å². The number of furan rings is 1. The SMILES string of the molecule is Cc1ccc(C(=O)NC2CCN(C(=O)C3=NN(c4ccc(F)cc4)C(C(N)=O)C3)CC2)o1. The molecular formula is C22H24FN5O4. The van der Waals surface area contributed by atoms with Crippen LogP contribution in [-0.4, -0.2) is 53.5 Å². The monoisotopic (exact) mass is 441 g/mol. The first-order valence-electron chi connectivity index (χ1n) is 10.4. The Kier molecular flexibility index (Phi) is 5.93. The first kappa shape index (κ1) is 21.5. The summed E-state index contributed by atoms with van der Waals surface area (Å²) in [5, 5.41) is 8.63. The van der Waals surface area contributed by atoms with Gasteiger partial charge in [0.2, 0.25) is 5.91 Å². The zero-order valence-electron chi connectivity index (χ0n) is 17.6. The van der Waals surface area contributed by atoms with Gasteiger partial charge in [0.1, 0.15) is 23.3 Å². The second-order valence-electron chi connectivity index (χ2n) is 7.94. The Bertz CT molecular complexity index is 1060. The molecule has 0 spiro atoms. The van der Waals surface area contributed by atoms with E-state index in [9.17, 15) is 18.8 Å². The van der Waals surface area contributed by atoms with Crippen LogP contribution in [0.15, 0.2) is 45.9 Å². The van der Waals surface area contributed by atoms with Gasteiger partial charge in [-0.15, -0.1) is 0 Å². The summed E-state index contributed by atoms with van der Waals surface area (Å²) in [6, 6.07) is 7.95. The fraction of sp³-hybridized carbons (Fsp3) is 0.364. The van der Waals surface area contributed by atoms with Gasteiger partial charge in [-0.1, -0.05) is 0 Å². The second-order valence-corrected chi connectivity index (χ2v) is 7.94. The number of carbonyl (C=O) groups excluding carboxylic acids is 3. The molecule has 1 fully saturated rings. The summed E-state index contributed by atoms with van der Waals surface area (Å²) in [7, 11) is 0. The van der Waals surface area contributed by atoms with Crippen LogP contribution >= 0.6 is 0 Å². The van der Waals surface area contributed by atoms with E-state index in [1.807, 2.05) is 0 Å². The highest BCUT2D eigenvalue weighted by Gasteiger charge is 2.37. The molecule has 0 saturated carbocycles. The molecule has 3 heterocycles. The van der Waals surface area contributed by atoms with Crippen molar-refractivity contribution in [2.75, 3.05) is 18.1 Å². The number of anilines is 1. The minimum absolute atomic E-state index is 0.0726. The summed E-state index contributed by atoms with van der Waals surface area (Å²) in [4.78, 5) is 38.9. The van der Waals surface area contributed by atoms with Crippen LogP contribution in [0.3, 0.4) is 0 Å². The van der Waals surface area contributed by atoms with E-state index in [1.165, 1.54) is 29.3 Å². The molecule has 2 aliphatic rings. The number of benzene rings is 1. The number of nitrogens with one attached hydrogen (secondary N) is 1. The molecule has 1 aromatic heterocycles. The van der Waals surface area contributed by atoms with Crippen molar-refractivity contribution in [3.63, 3.8) is 0 Å². The van der Waals surface area contributed by atoms with Gasteiger partial charge < -0.3 is 20.4 Å². The number of halogens is 1. The summed E-state index contributed by atoms with van der Waals surface area (Å²) < 4.78 is 18.6. The summed E-state index contributed by atoms with van der Waals surface area (Å²) in [5.41, 5.74) is 6.22. The van der Waals surface area contributed by atoms with Gasteiger partial charge in [-0.3, -0.25) is 19.4 Å². The third-order valence-electron chi connectivity index (χ3n) is 5.66. The predicted octanol–water partition coefficient (Wildman–Crippen LogP) is 1.57. The van der Waals surface area contributed by atoms with Crippen molar-refractivity contribution < 1.29 is 23.2 Å². The molecule has 3 N–H and O–H groups in total. The number of nitrogens with zero attached hydrogens (tertiary/aromatic N) is 3. The second kappa shape index (κ2) is 8.81. The molecule has 4 rings (SSSR count). The third-order valence-corrected chi connectivity index (χ3v) is 5.66. The van der Waals surface area contributed by atoms with E-state index in [-0.39, 0.29) is 35.7 Å². The maximum absolute atomic E-state index is 13.2. The highest BCUT2D eigenvalue weighted by Crippen LogP contribution is 2.26. The number of hydrogen-bond acceptors (Lipinski definition) is 6. The van der Waals surface area contributed by atoms with Crippen molar-refractivity contribution in [2.24, 2.45) is 10.8 Å². The molecule has 10 heteroatoms. The number of aryl methyl sites for hydroxylation is 1. The summed E-state index contributed by atoms with van der Waals surface area (Å²) in [5.74, 6) is -0.650. The van der Waals surface area contributed by atoms with Gasteiger partial charge >= 0.3 is 0 Å². The number of hydrazone groups is 1. The molecule has 3 amide bonds. The number of hydrogen-bond donors (Lipinski definition) is 2. The highest BCUT2D eigenvalue weighted by atomic mass is 19.1. The first-order chi connectivity index (χ1) is 15.3. The van der Waals surface area contributed by atoms with Crippen molar-refractivity contribution >= 4 is 29.1 Å². The van der Waals surface area contributed by atoms with Gasteiger partial charge in [0.25, 0.3) is 11.8 Å². The number of nitrogens with two attached hydrogens (primary N) is 1. The van der Waals surface area contributed by atoms with Crippen molar-refractivity contribution in [3.8, 4) is 0 Å². The van der Waals surface area contributed by atoms with Crippen LogP contribution < -0.4 is 16.1 Å². The average Bonchev–Trinajstić information content (AvgIpc) is 3.41. The molecule has 1 atom stereocenters. The lowest BCUT2D eigenvalue weighted by Crippen LogP contribution is -2.48. The van der Waals surface area contributed by atoms with E-state index in [1.54, 1.807) is 24.0 Å². The predicted molar refractivity (Wildman–Crippen MR) is 114 cm³/mol. The van der Waals surface area contributed by atoms with Crippen LogP contribution in [0.5, 0.6) is 0 Å². The smallest absolute Gasteiger partial charge is 0.287 e. The minimum atomic E-state index is -0.812. The topological polar surface area (TPSA) is 121 Å². The third kappa shape index (κ3) is 4.48. The minimum Gasteiger partial charge on any atom is -0.456 e. The van der Waals surface area contributed by atoms with Gasteiger partial charge in [0, 0.05) is 25.6 Å². The van der Waals surface area contributed by atoms with Crippen LogP contribution in [0.1, 0.15) is 35.6 Å². The van der Waals surface area contributed by atoms with E-state index < -0.39 is 17.8 Å². The number of rotatable bonds is 5. The molecule has 0 bridgehead atoms. The quantitative estimate of drug-likeness (QED) is 0.730. The summed E-state index contributed by atoms with van der Waals surface area (Å²) in [6.45, 7) is 2.65. The Morgan fingerprint density at radius 1 is 1.12 bits per heavy atom. The normalized spacial score (nSPS) is 19.1. The molecule has 32 heavy (non-hydrogen) atoms. The van der Waals surface area contributed by atoms with Crippen LogP contribution in [0, 0.1) is 12.7 Å². The number of likely N-dealkylation sites (tertiary alicyclic amines) is 1. The first-order valence-corrected chi connectivity index (χ1v) is 10.4. The molecule has 2 aromatic rings. The Labute approximate surface area is 184 Å². The van der Waals surface area contributed by atoms with E-state index in [4.69, 9.17) is 10.2 Å². The van der Waals surface area contributed by atoms with Gasteiger partial charge in [0.05, 0.1) is 5.69 Å². The number of piperidine rings is 1. The average molecular weight is 441 g/mol. The summed E-state index contributed by atoms with van der Waals surface area (Å²) in [6.07, 6.45) is 1.26. The van der Waals surface area contributed by atoms with Crippen molar-refractivity contribution in [1.29, 1.82) is 0 Å². The van der Waals surface area contributed by atoms with Crippen molar-refractivity contribution in [3.05, 3.63) is 53.7 Å². The van der Waals surface area contributed by atoms with E-state index in [0.717, 1.165) is 0 Å². The molecule has 1 aromatic carbocycles. The van der Waals surface area contributed by atoms with Gasteiger partial charge in [-0.2, -0.15) is 5.10 Å². The molecule has 1 unspecified atom stereocenters. The largest absolute Gasteiger partial charge is 0.456 e. The highest BCUT2D eigenvalue weighted by molar-refractivity contribution is 6.40. The van der Waals surface area contributed by atoms with Crippen LogP contribution in [-0.2, 0) is 9.59 Å². The Hall–Kier alpha value is -3.69. The summed E-state index contributed by atoms with van der Waals surface area (Å²) >= 11 is 0. The Morgan fingerprint density at radius 2 is 1.81 bits per heavy atom. The van der Waals surface area contributed by atoms with Gasteiger partial charge in [-0.05, 0) is 56.2 Å². The molecule has 0 aliphatic carbocycles. The van der Waals surface area contributed by atoms with Gasteiger partial charge in [-0.25, -0.2) is 4.39 Å². The zero-order valence-corrected chi connectivity index (χ0v) is 17.6. The molecule has 168 valence electrons. The van der Waals surface area contributed by atoms with E-state index in [2.05, 4.69) is 10.4 Å². The maximum atomic E-state index is 13.2.